The molecule has 1 aromatic heterocycles. The third-order valence-electron chi connectivity index (χ3n) is 2.47. The van der Waals surface area contributed by atoms with Gasteiger partial charge in [0.2, 0.25) is 0 Å². The van der Waals surface area contributed by atoms with Gasteiger partial charge in [-0.3, -0.25) is 0 Å². The number of benzene rings is 1. The molecule has 0 aliphatic heterocycles. The van der Waals surface area contributed by atoms with Gasteiger partial charge in [0.1, 0.15) is 6.26 Å². The quantitative estimate of drug-likeness (QED) is 0.903. The molecule has 1 heterocycles. The summed E-state index contributed by atoms with van der Waals surface area (Å²) in [5.41, 5.74) is 8.38. The summed E-state index contributed by atoms with van der Waals surface area (Å²) in [5.74, 6) is 0. The molecule has 2 rings (SSSR count). The molecule has 1 unspecified atom stereocenters. The van der Waals surface area contributed by atoms with Crippen molar-refractivity contribution >= 4 is 11.8 Å². The first-order chi connectivity index (χ1) is 8.15. The molecule has 90 valence electrons. The van der Waals surface area contributed by atoms with Gasteiger partial charge in [-0.05, 0) is 55.3 Å². The van der Waals surface area contributed by atoms with Crippen LogP contribution in [0.1, 0.15) is 18.1 Å². The highest BCUT2D eigenvalue weighted by Gasteiger charge is 2.05. The predicted octanol–water partition coefficient (Wildman–Crippen LogP) is 3.02. The Morgan fingerprint density at radius 1 is 1.47 bits per heavy atom. The van der Waals surface area contributed by atoms with Crippen LogP contribution in [0.4, 0.5) is 0 Å². The summed E-state index contributed by atoms with van der Waals surface area (Å²) in [6, 6.07) is 6.55. The van der Waals surface area contributed by atoms with Crippen LogP contribution in [0.3, 0.4) is 0 Å². The highest BCUT2D eigenvalue weighted by Crippen LogP contribution is 2.27. The SMILES string of the molecule is Cc1cc(Sc2ncco2)ccc1CC(C)N. The fraction of sp³-hybridized carbons (Fsp3) is 0.308. The lowest BCUT2D eigenvalue weighted by Gasteiger charge is -2.09. The number of rotatable bonds is 4. The Hall–Kier alpha value is -1.26. The van der Waals surface area contributed by atoms with Crippen LogP contribution in [0.2, 0.25) is 0 Å². The van der Waals surface area contributed by atoms with Crippen molar-refractivity contribution in [2.45, 2.75) is 36.4 Å². The molecule has 0 amide bonds. The third-order valence-corrected chi connectivity index (χ3v) is 3.34. The second-order valence-electron chi connectivity index (χ2n) is 4.17. The van der Waals surface area contributed by atoms with E-state index in [0.29, 0.717) is 5.22 Å². The largest absolute Gasteiger partial charge is 0.440 e. The lowest BCUT2D eigenvalue weighted by atomic mass is 10.0. The minimum Gasteiger partial charge on any atom is -0.440 e. The zero-order valence-electron chi connectivity index (χ0n) is 10.0. The van der Waals surface area contributed by atoms with Crippen LogP contribution in [0.5, 0.6) is 0 Å². The van der Waals surface area contributed by atoms with E-state index in [9.17, 15) is 0 Å². The lowest BCUT2D eigenvalue weighted by molar-refractivity contribution is 0.454. The maximum atomic E-state index is 5.81. The van der Waals surface area contributed by atoms with Gasteiger partial charge < -0.3 is 10.2 Å². The van der Waals surface area contributed by atoms with E-state index in [-0.39, 0.29) is 6.04 Å². The van der Waals surface area contributed by atoms with Gasteiger partial charge in [-0.1, -0.05) is 6.07 Å². The first kappa shape index (κ1) is 12.2. The van der Waals surface area contributed by atoms with E-state index in [1.54, 1.807) is 12.5 Å². The maximum Gasteiger partial charge on any atom is 0.260 e. The van der Waals surface area contributed by atoms with Gasteiger partial charge in [0.15, 0.2) is 0 Å². The summed E-state index contributed by atoms with van der Waals surface area (Å²) in [4.78, 5) is 5.23. The number of nitrogens with zero attached hydrogens (tertiary/aromatic N) is 1. The number of aryl methyl sites for hydroxylation is 1. The Labute approximate surface area is 105 Å². The standard InChI is InChI=1S/C13H16N2OS/c1-9-7-12(17-13-15-5-6-16-13)4-3-11(9)8-10(2)14/h3-7,10H,8,14H2,1-2H3. The molecule has 0 saturated heterocycles. The Balaban J connectivity index is 2.13. The van der Waals surface area contributed by atoms with Gasteiger partial charge in [-0.2, -0.15) is 0 Å². The fourth-order valence-corrected chi connectivity index (χ4v) is 2.46. The molecule has 4 heteroatoms. The summed E-state index contributed by atoms with van der Waals surface area (Å²) in [5, 5.41) is 0.671. The summed E-state index contributed by atoms with van der Waals surface area (Å²) < 4.78 is 5.20. The van der Waals surface area contributed by atoms with E-state index in [1.165, 1.54) is 22.9 Å². The molecule has 2 N–H and O–H groups in total. The molecule has 0 aliphatic carbocycles. The first-order valence-corrected chi connectivity index (χ1v) is 6.39. The van der Waals surface area contributed by atoms with Crippen molar-refractivity contribution < 1.29 is 4.42 Å². The first-order valence-electron chi connectivity index (χ1n) is 5.57. The number of hydrogen-bond acceptors (Lipinski definition) is 4. The zero-order chi connectivity index (χ0) is 12.3. The Morgan fingerprint density at radius 3 is 2.88 bits per heavy atom. The number of nitrogens with two attached hydrogens (primary N) is 1. The van der Waals surface area contributed by atoms with Crippen LogP contribution in [-0.2, 0) is 6.42 Å². The van der Waals surface area contributed by atoms with Crippen molar-refractivity contribution in [3.8, 4) is 0 Å². The highest BCUT2D eigenvalue weighted by atomic mass is 32.2. The third kappa shape index (κ3) is 3.35. The molecular formula is C13H16N2OS. The van der Waals surface area contributed by atoms with Crippen LogP contribution in [0.15, 0.2) is 45.2 Å². The van der Waals surface area contributed by atoms with E-state index in [2.05, 4.69) is 30.1 Å². The molecule has 0 fully saturated rings. The molecule has 0 aliphatic rings. The van der Waals surface area contributed by atoms with Gasteiger partial charge in [-0.25, -0.2) is 4.98 Å². The van der Waals surface area contributed by atoms with Crippen molar-refractivity contribution in [3.63, 3.8) is 0 Å². The zero-order valence-corrected chi connectivity index (χ0v) is 10.8. The second-order valence-corrected chi connectivity index (χ2v) is 5.19. The molecule has 17 heavy (non-hydrogen) atoms. The maximum absolute atomic E-state index is 5.81. The van der Waals surface area contributed by atoms with Gasteiger partial charge in [0, 0.05) is 10.9 Å². The van der Waals surface area contributed by atoms with Crippen LogP contribution in [-0.4, -0.2) is 11.0 Å². The molecule has 1 aromatic carbocycles. The summed E-state index contributed by atoms with van der Waals surface area (Å²) >= 11 is 1.53. The van der Waals surface area contributed by atoms with Crippen molar-refractivity contribution in [2.75, 3.05) is 0 Å². The van der Waals surface area contributed by atoms with Gasteiger partial charge in [0.25, 0.3) is 5.22 Å². The lowest BCUT2D eigenvalue weighted by Crippen LogP contribution is -2.18. The smallest absolute Gasteiger partial charge is 0.260 e. The minimum atomic E-state index is 0.193. The molecule has 0 spiro atoms. The average Bonchev–Trinajstić information content (AvgIpc) is 2.74. The fourth-order valence-electron chi connectivity index (χ4n) is 1.67. The Morgan fingerprint density at radius 2 is 2.29 bits per heavy atom. The van der Waals surface area contributed by atoms with E-state index in [1.807, 2.05) is 6.92 Å². The van der Waals surface area contributed by atoms with Crippen LogP contribution < -0.4 is 5.73 Å². The van der Waals surface area contributed by atoms with E-state index in [4.69, 9.17) is 10.2 Å². The number of hydrogen-bond donors (Lipinski definition) is 1. The van der Waals surface area contributed by atoms with Crippen molar-refractivity contribution in [3.05, 3.63) is 41.8 Å². The molecular weight excluding hydrogens is 232 g/mol. The Bertz CT molecular complexity index is 480. The minimum absolute atomic E-state index is 0.193. The van der Waals surface area contributed by atoms with Crippen LogP contribution in [0, 0.1) is 6.92 Å². The van der Waals surface area contributed by atoms with E-state index >= 15 is 0 Å². The van der Waals surface area contributed by atoms with E-state index in [0.717, 1.165) is 11.3 Å². The van der Waals surface area contributed by atoms with Crippen LogP contribution >= 0.6 is 11.8 Å². The average molecular weight is 248 g/mol. The second kappa shape index (κ2) is 5.38. The topological polar surface area (TPSA) is 52.0 Å². The van der Waals surface area contributed by atoms with Gasteiger partial charge in [-0.15, -0.1) is 0 Å². The predicted molar refractivity (Wildman–Crippen MR) is 69.2 cm³/mol. The summed E-state index contributed by atoms with van der Waals surface area (Å²) in [6.45, 7) is 4.13. The van der Waals surface area contributed by atoms with Crippen molar-refractivity contribution in [1.29, 1.82) is 0 Å². The van der Waals surface area contributed by atoms with Gasteiger partial charge >= 0.3 is 0 Å². The molecule has 2 aromatic rings. The van der Waals surface area contributed by atoms with Gasteiger partial charge in [0.05, 0.1) is 6.20 Å². The summed E-state index contributed by atoms with van der Waals surface area (Å²) in [6.07, 6.45) is 4.15. The molecule has 1 atom stereocenters. The van der Waals surface area contributed by atoms with E-state index < -0.39 is 0 Å². The number of oxazole rings is 1. The Kier molecular flexibility index (Phi) is 3.86. The molecule has 0 radical (unpaired) electrons. The van der Waals surface area contributed by atoms with Crippen molar-refractivity contribution in [2.24, 2.45) is 5.73 Å². The highest BCUT2D eigenvalue weighted by molar-refractivity contribution is 7.99. The van der Waals surface area contributed by atoms with Crippen molar-refractivity contribution in [1.82, 2.24) is 4.98 Å². The normalized spacial score (nSPS) is 12.6. The van der Waals surface area contributed by atoms with Crippen LogP contribution in [0.25, 0.3) is 0 Å². The monoisotopic (exact) mass is 248 g/mol. The summed E-state index contributed by atoms with van der Waals surface area (Å²) in [7, 11) is 0. The molecule has 0 saturated carbocycles. The molecule has 0 bridgehead atoms. The number of aromatic nitrogens is 1. The molecule has 3 nitrogen and oxygen atoms in total.